The predicted molar refractivity (Wildman–Crippen MR) is 55.6 cm³/mol. The van der Waals surface area contributed by atoms with Crippen LogP contribution in [0.2, 0.25) is 0 Å². The first kappa shape index (κ1) is 12.2. The van der Waals surface area contributed by atoms with Crippen LogP contribution >= 0.6 is 0 Å². The number of carbonyl (C=O) groups is 2. The lowest BCUT2D eigenvalue weighted by atomic mass is 10.1. The molecule has 1 aromatic rings. The number of rotatable bonds is 4. The van der Waals surface area contributed by atoms with E-state index in [1.54, 1.807) is 0 Å². The number of esters is 2. The fourth-order valence-corrected chi connectivity index (χ4v) is 1.06. The molecule has 0 heterocycles. The fourth-order valence-electron chi connectivity index (χ4n) is 1.06. The highest BCUT2D eigenvalue weighted by Crippen LogP contribution is 2.07. The minimum Gasteiger partial charge on any atom is -0.462 e. The van der Waals surface area contributed by atoms with Crippen molar-refractivity contribution in [1.29, 1.82) is 0 Å². The maximum Gasteiger partial charge on any atom is 0.338 e. The van der Waals surface area contributed by atoms with E-state index in [4.69, 9.17) is 13.8 Å². The van der Waals surface area contributed by atoms with E-state index in [1.165, 1.54) is 24.3 Å². The highest BCUT2D eigenvalue weighted by Gasteiger charge is 2.09. The summed E-state index contributed by atoms with van der Waals surface area (Å²) in [5, 5.41) is 0. The molecule has 0 aliphatic carbocycles. The third-order valence-corrected chi connectivity index (χ3v) is 1.79. The molecule has 0 aromatic heterocycles. The minimum absolute atomic E-state index is 0.185. The Morgan fingerprint density at radius 1 is 0.875 bits per heavy atom. The lowest BCUT2D eigenvalue weighted by molar-refractivity contribution is 0.0533. The molecule has 0 aliphatic heterocycles. The molecule has 1 aromatic carbocycles. The van der Waals surface area contributed by atoms with Crippen molar-refractivity contribution in [3.63, 3.8) is 0 Å². The maximum atomic E-state index is 11.2. The number of hydrogen-bond donors (Lipinski definition) is 0. The second-order valence-electron chi connectivity index (χ2n) is 2.77. The van der Waals surface area contributed by atoms with Crippen LogP contribution in [0.4, 0.5) is 0 Å². The van der Waals surface area contributed by atoms with Crippen molar-refractivity contribution in [2.45, 2.75) is 0 Å². The van der Waals surface area contributed by atoms with Crippen molar-refractivity contribution in [2.24, 2.45) is 0 Å². The van der Waals surface area contributed by atoms with Crippen LogP contribution in [0.15, 0.2) is 24.3 Å². The van der Waals surface area contributed by atoms with Crippen LogP contribution in [0.3, 0.4) is 0 Å². The van der Waals surface area contributed by atoms with E-state index in [9.17, 15) is 9.59 Å². The third-order valence-electron chi connectivity index (χ3n) is 1.79. The summed E-state index contributed by atoms with van der Waals surface area (Å²) in [7, 11) is 0. The lowest BCUT2D eigenvalue weighted by Gasteiger charge is -2.03. The molecule has 1 rings (SSSR count). The van der Waals surface area contributed by atoms with E-state index in [0.29, 0.717) is 11.1 Å². The van der Waals surface area contributed by atoms with E-state index < -0.39 is 11.9 Å². The molecule has 0 unspecified atom stereocenters. The molecule has 4 heteroatoms. The van der Waals surface area contributed by atoms with Crippen LogP contribution in [0.5, 0.6) is 0 Å². The Labute approximate surface area is 94.2 Å². The smallest absolute Gasteiger partial charge is 0.338 e. The van der Waals surface area contributed by atoms with E-state index in [2.05, 4.69) is 9.47 Å². The first-order valence-electron chi connectivity index (χ1n) is 4.53. The van der Waals surface area contributed by atoms with Gasteiger partial charge in [-0.1, -0.05) is 0 Å². The van der Waals surface area contributed by atoms with Crippen molar-refractivity contribution in [3.05, 3.63) is 49.2 Å². The molecule has 0 amide bonds. The summed E-state index contributed by atoms with van der Waals surface area (Å²) >= 11 is 0. The van der Waals surface area contributed by atoms with Crippen LogP contribution in [0.25, 0.3) is 0 Å². The summed E-state index contributed by atoms with van der Waals surface area (Å²) in [4.78, 5) is 22.4. The standard InChI is InChI=1S/C12H10O4/c1-3-15-11(13)9-5-7-10(8-6-9)12(14)16-4-2/h1-2,5-8H,3-4H2. The molecular weight excluding hydrogens is 208 g/mol. The summed E-state index contributed by atoms with van der Waals surface area (Å²) in [6, 6.07) is 5.80. The molecule has 16 heavy (non-hydrogen) atoms. The van der Waals surface area contributed by atoms with Crippen LogP contribution in [-0.4, -0.2) is 25.2 Å². The van der Waals surface area contributed by atoms with Crippen molar-refractivity contribution < 1.29 is 19.1 Å². The summed E-state index contributed by atoms with van der Waals surface area (Å²) in [5.41, 5.74) is 0.629. The van der Waals surface area contributed by atoms with Gasteiger partial charge >= 0.3 is 11.9 Å². The highest BCUT2D eigenvalue weighted by atomic mass is 16.5. The normalized spacial score (nSPS) is 9.62. The van der Waals surface area contributed by atoms with Crippen LogP contribution < -0.4 is 0 Å². The number of ether oxygens (including phenoxy) is 2. The molecule has 0 fully saturated rings. The summed E-state index contributed by atoms with van der Waals surface area (Å²) in [6.07, 6.45) is 0. The third kappa shape index (κ3) is 3.08. The zero-order chi connectivity index (χ0) is 12.0. The molecule has 0 atom stereocenters. The van der Waals surface area contributed by atoms with Gasteiger partial charge in [-0.2, -0.15) is 0 Å². The van der Waals surface area contributed by atoms with E-state index in [-0.39, 0.29) is 13.2 Å². The van der Waals surface area contributed by atoms with Gasteiger partial charge in [0, 0.05) is 13.8 Å². The maximum absolute atomic E-state index is 11.2. The molecule has 0 N–H and O–H groups in total. The Hall–Kier alpha value is -1.84. The molecule has 0 aliphatic rings. The van der Waals surface area contributed by atoms with Crippen molar-refractivity contribution in [1.82, 2.24) is 0 Å². The Balaban J connectivity index is 2.75. The number of benzene rings is 1. The lowest BCUT2D eigenvalue weighted by Crippen LogP contribution is -2.07. The molecule has 4 radical (unpaired) electrons. The molecule has 82 valence electrons. The molecule has 0 saturated heterocycles. The first-order valence-corrected chi connectivity index (χ1v) is 4.53. The predicted octanol–water partition coefficient (Wildman–Crippen LogP) is 1.42. The van der Waals surface area contributed by atoms with E-state index in [0.717, 1.165) is 0 Å². The largest absolute Gasteiger partial charge is 0.462 e. The summed E-state index contributed by atoms with van der Waals surface area (Å²) < 4.78 is 9.16. The van der Waals surface area contributed by atoms with Gasteiger partial charge in [0.2, 0.25) is 0 Å². The Morgan fingerprint density at radius 3 is 1.44 bits per heavy atom. The van der Waals surface area contributed by atoms with Gasteiger partial charge in [0.25, 0.3) is 0 Å². The minimum atomic E-state index is -0.541. The second-order valence-corrected chi connectivity index (χ2v) is 2.77. The van der Waals surface area contributed by atoms with Gasteiger partial charge in [-0.15, -0.1) is 0 Å². The second kappa shape index (κ2) is 5.90. The fraction of sp³-hybridized carbons (Fsp3) is 0.167. The quantitative estimate of drug-likeness (QED) is 0.717. The Bertz CT molecular complexity index is 330. The molecule has 4 nitrogen and oxygen atoms in total. The number of carbonyl (C=O) groups excluding carboxylic acids is 2. The van der Waals surface area contributed by atoms with E-state index >= 15 is 0 Å². The summed E-state index contributed by atoms with van der Waals surface area (Å²) in [6.45, 7) is 9.74. The molecule has 0 saturated carbocycles. The van der Waals surface area contributed by atoms with Gasteiger partial charge < -0.3 is 9.47 Å². The number of hydrogen-bond acceptors (Lipinski definition) is 4. The molecular formula is C12H10O4. The van der Waals surface area contributed by atoms with Crippen LogP contribution in [-0.2, 0) is 9.47 Å². The van der Waals surface area contributed by atoms with Crippen molar-refractivity contribution in [3.8, 4) is 0 Å². The van der Waals surface area contributed by atoms with Gasteiger partial charge in [0.1, 0.15) is 0 Å². The van der Waals surface area contributed by atoms with Gasteiger partial charge in [-0.3, -0.25) is 0 Å². The topological polar surface area (TPSA) is 52.6 Å². The molecule has 0 bridgehead atoms. The van der Waals surface area contributed by atoms with Gasteiger partial charge in [0.15, 0.2) is 0 Å². The van der Waals surface area contributed by atoms with E-state index in [1.807, 2.05) is 0 Å². The summed E-state index contributed by atoms with van der Waals surface area (Å²) in [5.74, 6) is -1.08. The highest BCUT2D eigenvalue weighted by molar-refractivity contribution is 5.93. The zero-order valence-corrected chi connectivity index (χ0v) is 8.51. The van der Waals surface area contributed by atoms with Crippen LogP contribution in [0, 0.1) is 13.8 Å². The van der Waals surface area contributed by atoms with Crippen molar-refractivity contribution in [2.75, 3.05) is 13.2 Å². The van der Waals surface area contributed by atoms with Crippen LogP contribution in [0.1, 0.15) is 20.7 Å². The Kier molecular flexibility index (Phi) is 4.51. The SMILES string of the molecule is [CH]COC(=O)c1ccc(C(=O)OC[CH])cc1. The van der Waals surface area contributed by atoms with Crippen molar-refractivity contribution >= 4 is 11.9 Å². The monoisotopic (exact) mass is 218 g/mol. The molecule has 0 spiro atoms. The van der Waals surface area contributed by atoms with Gasteiger partial charge in [-0.05, 0) is 24.3 Å². The van der Waals surface area contributed by atoms with Gasteiger partial charge in [-0.25, -0.2) is 9.59 Å². The zero-order valence-electron chi connectivity index (χ0n) is 8.51. The first-order chi connectivity index (χ1) is 7.69. The van der Waals surface area contributed by atoms with Gasteiger partial charge in [0.05, 0.1) is 24.3 Å². The average molecular weight is 218 g/mol. The average Bonchev–Trinajstić information content (AvgIpc) is 2.30. The Morgan fingerprint density at radius 2 is 1.19 bits per heavy atom.